The molecule has 0 bridgehead atoms. The molecule has 0 aliphatic carbocycles. The highest BCUT2D eigenvalue weighted by atomic mass is 16.4. The van der Waals surface area contributed by atoms with Crippen molar-refractivity contribution in [2.24, 2.45) is 11.8 Å². The lowest BCUT2D eigenvalue weighted by Crippen LogP contribution is -2.48. The van der Waals surface area contributed by atoms with Gasteiger partial charge >= 0.3 is 5.97 Å². The first-order valence-corrected chi connectivity index (χ1v) is 6.13. The van der Waals surface area contributed by atoms with Crippen LogP contribution in [0, 0.1) is 11.8 Å². The van der Waals surface area contributed by atoms with E-state index in [9.17, 15) is 9.59 Å². The second kappa shape index (κ2) is 6.00. The SMILES string of the molecule is CC(C)C(NC(=O)C1CCN(C)CC1)C(=O)O. The van der Waals surface area contributed by atoms with E-state index in [4.69, 9.17) is 5.11 Å². The number of piperidine rings is 1. The van der Waals surface area contributed by atoms with Crippen molar-refractivity contribution < 1.29 is 14.7 Å². The molecule has 17 heavy (non-hydrogen) atoms. The highest BCUT2D eigenvalue weighted by Gasteiger charge is 2.29. The molecule has 1 unspecified atom stereocenters. The Balaban J connectivity index is 2.50. The highest BCUT2D eigenvalue weighted by Crippen LogP contribution is 2.16. The fourth-order valence-corrected chi connectivity index (χ4v) is 2.06. The summed E-state index contributed by atoms with van der Waals surface area (Å²) in [7, 11) is 2.03. The zero-order valence-electron chi connectivity index (χ0n) is 10.8. The smallest absolute Gasteiger partial charge is 0.326 e. The Bertz CT molecular complexity index is 283. The number of nitrogens with zero attached hydrogens (tertiary/aromatic N) is 1. The lowest BCUT2D eigenvalue weighted by atomic mass is 9.95. The number of nitrogens with one attached hydrogen (secondary N) is 1. The van der Waals surface area contributed by atoms with Gasteiger partial charge < -0.3 is 15.3 Å². The quantitative estimate of drug-likeness (QED) is 0.755. The van der Waals surface area contributed by atoms with Gasteiger partial charge in [0.2, 0.25) is 5.91 Å². The van der Waals surface area contributed by atoms with Crippen LogP contribution in [0.1, 0.15) is 26.7 Å². The molecule has 1 aliphatic rings. The predicted molar refractivity (Wildman–Crippen MR) is 64.6 cm³/mol. The summed E-state index contributed by atoms with van der Waals surface area (Å²) in [4.78, 5) is 25.1. The van der Waals surface area contributed by atoms with E-state index in [1.54, 1.807) is 13.8 Å². The molecule has 1 rings (SSSR count). The highest BCUT2D eigenvalue weighted by molar-refractivity contribution is 5.85. The van der Waals surface area contributed by atoms with Crippen LogP contribution < -0.4 is 5.32 Å². The van der Waals surface area contributed by atoms with Gasteiger partial charge in [-0.3, -0.25) is 4.79 Å². The second-order valence-electron chi connectivity index (χ2n) is 5.15. The summed E-state index contributed by atoms with van der Waals surface area (Å²) in [6.45, 7) is 5.40. The predicted octanol–water partition coefficient (Wildman–Crippen LogP) is 0.554. The molecule has 0 aromatic rings. The number of carbonyl (C=O) groups excluding carboxylic acids is 1. The number of likely N-dealkylation sites (tertiary alicyclic amines) is 1. The monoisotopic (exact) mass is 242 g/mol. The molecule has 0 aromatic carbocycles. The van der Waals surface area contributed by atoms with E-state index in [2.05, 4.69) is 10.2 Å². The Hall–Kier alpha value is -1.10. The molecule has 2 N–H and O–H groups in total. The molecule has 0 saturated carbocycles. The van der Waals surface area contributed by atoms with E-state index < -0.39 is 12.0 Å². The molecule has 1 atom stereocenters. The average Bonchev–Trinajstić information content (AvgIpc) is 2.25. The number of amides is 1. The Labute approximate surface area is 102 Å². The van der Waals surface area contributed by atoms with Crippen LogP contribution in [-0.2, 0) is 9.59 Å². The number of rotatable bonds is 4. The van der Waals surface area contributed by atoms with Crippen molar-refractivity contribution in [2.45, 2.75) is 32.7 Å². The van der Waals surface area contributed by atoms with Crippen LogP contribution in [0.25, 0.3) is 0 Å². The summed E-state index contributed by atoms with van der Waals surface area (Å²) in [5, 5.41) is 11.7. The van der Waals surface area contributed by atoms with Gasteiger partial charge in [-0.1, -0.05) is 13.8 Å². The van der Waals surface area contributed by atoms with Crippen LogP contribution in [0.4, 0.5) is 0 Å². The van der Waals surface area contributed by atoms with E-state index >= 15 is 0 Å². The van der Waals surface area contributed by atoms with Crippen molar-refractivity contribution >= 4 is 11.9 Å². The summed E-state index contributed by atoms with van der Waals surface area (Å²) >= 11 is 0. The van der Waals surface area contributed by atoms with Crippen molar-refractivity contribution in [2.75, 3.05) is 20.1 Å². The average molecular weight is 242 g/mol. The van der Waals surface area contributed by atoms with Gasteiger partial charge in [-0.2, -0.15) is 0 Å². The van der Waals surface area contributed by atoms with E-state index in [0.29, 0.717) is 0 Å². The summed E-state index contributed by atoms with van der Waals surface area (Å²) in [5.74, 6) is -1.20. The Morgan fingerprint density at radius 2 is 1.82 bits per heavy atom. The molecule has 5 nitrogen and oxygen atoms in total. The lowest BCUT2D eigenvalue weighted by molar-refractivity contribution is -0.144. The first-order valence-electron chi connectivity index (χ1n) is 6.13. The van der Waals surface area contributed by atoms with Crippen molar-refractivity contribution in [3.05, 3.63) is 0 Å². The van der Waals surface area contributed by atoms with Gasteiger partial charge in [-0.15, -0.1) is 0 Å². The number of hydrogen-bond donors (Lipinski definition) is 2. The van der Waals surface area contributed by atoms with Gasteiger partial charge in [-0.25, -0.2) is 4.79 Å². The van der Waals surface area contributed by atoms with Crippen molar-refractivity contribution in [3.63, 3.8) is 0 Å². The molecule has 0 radical (unpaired) electrons. The van der Waals surface area contributed by atoms with Crippen LogP contribution in [0.15, 0.2) is 0 Å². The minimum atomic E-state index is -0.957. The van der Waals surface area contributed by atoms with Crippen molar-refractivity contribution in [1.29, 1.82) is 0 Å². The van der Waals surface area contributed by atoms with E-state index in [1.165, 1.54) is 0 Å². The standard InChI is InChI=1S/C12H22N2O3/c1-8(2)10(12(16)17)13-11(15)9-4-6-14(3)7-5-9/h8-10H,4-7H2,1-3H3,(H,13,15)(H,16,17). The van der Waals surface area contributed by atoms with Gasteiger partial charge in [0.05, 0.1) is 0 Å². The molecule has 0 spiro atoms. The number of carboxylic acids is 1. The molecule has 98 valence electrons. The molecule has 1 amide bonds. The Morgan fingerprint density at radius 1 is 1.29 bits per heavy atom. The van der Waals surface area contributed by atoms with E-state index in [-0.39, 0.29) is 17.7 Å². The summed E-state index contributed by atoms with van der Waals surface area (Å²) < 4.78 is 0. The van der Waals surface area contributed by atoms with E-state index in [0.717, 1.165) is 25.9 Å². The molecule has 1 heterocycles. The normalized spacial score (nSPS) is 20.2. The number of carboxylic acid groups (broad SMARTS) is 1. The topological polar surface area (TPSA) is 69.6 Å². The largest absolute Gasteiger partial charge is 0.480 e. The molecular weight excluding hydrogens is 220 g/mol. The van der Waals surface area contributed by atoms with Crippen LogP contribution in [0.3, 0.4) is 0 Å². The maximum Gasteiger partial charge on any atom is 0.326 e. The Morgan fingerprint density at radius 3 is 2.24 bits per heavy atom. The molecule has 5 heteroatoms. The van der Waals surface area contributed by atoms with Crippen molar-refractivity contribution in [3.8, 4) is 0 Å². The van der Waals surface area contributed by atoms with Gasteiger partial charge in [0.15, 0.2) is 0 Å². The van der Waals surface area contributed by atoms with Gasteiger partial charge in [0.1, 0.15) is 6.04 Å². The maximum atomic E-state index is 11.9. The summed E-state index contributed by atoms with van der Waals surface area (Å²) in [5.41, 5.74) is 0. The number of hydrogen-bond acceptors (Lipinski definition) is 3. The maximum absolute atomic E-state index is 11.9. The van der Waals surface area contributed by atoms with Gasteiger partial charge in [0.25, 0.3) is 0 Å². The van der Waals surface area contributed by atoms with Gasteiger partial charge in [0, 0.05) is 5.92 Å². The minimum Gasteiger partial charge on any atom is -0.480 e. The number of aliphatic carboxylic acids is 1. The summed E-state index contributed by atoms with van der Waals surface area (Å²) in [6.07, 6.45) is 1.62. The second-order valence-corrected chi connectivity index (χ2v) is 5.15. The van der Waals surface area contributed by atoms with Crippen LogP contribution >= 0.6 is 0 Å². The van der Waals surface area contributed by atoms with E-state index in [1.807, 2.05) is 7.05 Å². The molecular formula is C12H22N2O3. The molecule has 1 aliphatic heterocycles. The fraction of sp³-hybridized carbons (Fsp3) is 0.833. The third-order valence-electron chi connectivity index (χ3n) is 3.32. The third kappa shape index (κ3) is 4.00. The molecule has 0 aromatic heterocycles. The fourth-order valence-electron chi connectivity index (χ4n) is 2.06. The molecule has 1 fully saturated rings. The molecule has 1 saturated heterocycles. The first kappa shape index (κ1) is 14.0. The zero-order chi connectivity index (χ0) is 13.0. The third-order valence-corrected chi connectivity index (χ3v) is 3.32. The van der Waals surface area contributed by atoms with Crippen molar-refractivity contribution in [1.82, 2.24) is 10.2 Å². The number of carbonyl (C=O) groups is 2. The minimum absolute atomic E-state index is 0.0354. The lowest BCUT2D eigenvalue weighted by Gasteiger charge is -2.29. The Kier molecular flexibility index (Phi) is 4.93. The first-order chi connectivity index (χ1) is 7.91. The van der Waals surface area contributed by atoms with Crippen LogP contribution in [-0.4, -0.2) is 48.1 Å². The van der Waals surface area contributed by atoms with Crippen LogP contribution in [0.2, 0.25) is 0 Å². The summed E-state index contributed by atoms with van der Waals surface area (Å²) in [6, 6.07) is -0.776. The van der Waals surface area contributed by atoms with Crippen LogP contribution in [0.5, 0.6) is 0 Å². The van der Waals surface area contributed by atoms with Gasteiger partial charge in [-0.05, 0) is 38.9 Å². The zero-order valence-corrected chi connectivity index (χ0v) is 10.8.